The summed E-state index contributed by atoms with van der Waals surface area (Å²) in [6.45, 7) is 4.00. The lowest BCUT2D eigenvalue weighted by Crippen LogP contribution is -2.38. The van der Waals surface area contributed by atoms with Crippen LogP contribution in [0, 0.1) is 11.6 Å². The zero-order valence-electron chi connectivity index (χ0n) is 24.0. The molecule has 0 aliphatic carbocycles. The minimum atomic E-state index is -1.07. The Bertz CT molecular complexity index is 1640. The maximum atomic E-state index is 14.6. The third kappa shape index (κ3) is 8.31. The van der Waals surface area contributed by atoms with Crippen molar-refractivity contribution in [2.75, 3.05) is 51.3 Å². The van der Waals surface area contributed by atoms with Gasteiger partial charge in [0, 0.05) is 55.5 Å². The van der Waals surface area contributed by atoms with Crippen LogP contribution >= 0.6 is 24.0 Å². The molecule has 2 aliphatic rings. The summed E-state index contributed by atoms with van der Waals surface area (Å²) >= 11 is 6.52. The maximum Gasteiger partial charge on any atom is 0.335 e. The molecule has 5 rings (SSSR count). The van der Waals surface area contributed by atoms with Crippen LogP contribution in [-0.2, 0) is 14.3 Å². The van der Waals surface area contributed by atoms with E-state index >= 15 is 0 Å². The first-order valence-electron chi connectivity index (χ1n) is 14.1. The third-order valence-electron chi connectivity index (χ3n) is 7.16. The Morgan fingerprint density at radius 3 is 2.51 bits per heavy atom. The van der Waals surface area contributed by atoms with Crippen molar-refractivity contribution in [3.05, 3.63) is 88.3 Å². The van der Waals surface area contributed by atoms with Gasteiger partial charge in [-0.1, -0.05) is 30.0 Å². The van der Waals surface area contributed by atoms with Crippen LogP contribution in [0.25, 0.3) is 17.2 Å². The van der Waals surface area contributed by atoms with Gasteiger partial charge in [-0.05, 0) is 60.2 Å². The number of carboxylic acids is 1. The van der Waals surface area contributed by atoms with Gasteiger partial charge in [-0.2, -0.15) is 0 Å². The topological polar surface area (TPSA) is 108 Å². The number of nitrogens with one attached hydrogen (secondary N) is 1. The van der Waals surface area contributed by atoms with E-state index in [0.717, 1.165) is 30.9 Å². The average molecular weight is 654 g/mol. The molecule has 13 heteroatoms. The first-order chi connectivity index (χ1) is 21.7. The SMILES string of the molecule is O=C(CCN1C(=O)/C(=C/c2cc(-c3ccc(F)cc3F)ccc2OCCN2CCOCC2)SC1=S)Nc1ccc(C(=O)O)cc1. The van der Waals surface area contributed by atoms with Crippen LogP contribution < -0.4 is 10.1 Å². The van der Waals surface area contributed by atoms with Gasteiger partial charge in [-0.25, -0.2) is 13.6 Å². The van der Waals surface area contributed by atoms with E-state index in [-0.39, 0.29) is 40.2 Å². The molecule has 2 saturated heterocycles. The first kappa shape index (κ1) is 32.2. The van der Waals surface area contributed by atoms with E-state index in [1.165, 1.54) is 41.3 Å². The minimum absolute atomic E-state index is 0.0325. The van der Waals surface area contributed by atoms with Crippen molar-refractivity contribution in [2.45, 2.75) is 6.42 Å². The molecule has 3 aromatic carbocycles. The molecule has 0 unspecified atom stereocenters. The molecular weight excluding hydrogens is 624 g/mol. The molecule has 9 nitrogen and oxygen atoms in total. The van der Waals surface area contributed by atoms with E-state index in [4.69, 9.17) is 26.8 Å². The number of nitrogens with zero attached hydrogens (tertiary/aromatic N) is 2. The number of amides is 2. The highest BCUT2D eigenvalue weighted by molar-refractivity contribution is 8.26. The van der Waals surface area contributed by atoms with Crippen LogP contribution in [0.15, 0.2) is 65.6 Å². The lowest BCUT2D eigenvalue weighted by atomic mass is 10.0. The summed E-state index contributed by atoms with van der Waals surface area (Å²) in [5.41, 5.74) is 1.71. The fraction of sp³-hybridized carbons (Fsp3) is 0.250. The number of ether oxygens (including phenoxy) is 2. The number of anilines is 1. The van der Waals surface area contributed by atoms with Crippen molar-refractivity contribution in [3.63, 3.8) is 0 Å². The Kier molecular flexibility index (Phi) is 10.6. The van der Waals surface area contributed by atoms with Crippen LogP contribution in [-0.4, -0.2) is 83.0 Å². The monoisotopic (exact) mass is 653 g/mol. The van der Waals surface area contributed by atoms with Crippen LogP contribution in [0.1, 0.15) is 22.3 Å². The molecular formula is C32H29F2N3O6S2. The Balaban J connectivity index is 1.30. The molecule has 2 amide bonds. The molecule has 0 spiro atoms. The smallest absolute Gasteiger partial charge is 0.335 e. The summed E-state index contributed by atoms with van der Waals surface area (Å²) in [5.74, 6) is -2.76. The number of carbonyl (C=O) groups is 3. The number of carboxylic acid groups (broad SMARTS) is 1. The summed E-state index contributed by atoms with van der Waals surface area (Å²) in [6, 6.07) is 14.1. The van der Waals surface area contributed by atoms with Crippen LogP contribution in [0.2, 0.25) is 0 Å². The van der Waals surface area contributed by atoms with Gasteiger partial charge in [0.05, 0.1) is 23.7 Å². The summed E-state index contributed by atoms with van der Waals surface area (Å²) in [5, 5.41) is 11.7. The predicted molar refractivity (Wildman–Crippen MR) is 171 cm³/mol. The van der Waals surface area contributed by atoms with Gasteiger partial charge < -0.3 is 19.9 Å². The highest BCUT2D eigenvalue weighted by atomic mass is 32.2. The minimum Gasteiger partial charge on any atom is -0.492 e. The second kappa shape index (κ2) is 14.7. The summed E-state index contributed by atoms with van der Waals surface area (Å²) in [6.07, 6.45) is 1.58. The molecule has 0 radical (unpaired) electrons. The standard InChI is InChI=1S/C32H29F2N3O6S2/c33-23-4-7-25(26(34)19-23)21-3-8-27(43-16-13-36-11-14-42-15-12-36)22(17-21)18-28-30(39)37(32(44)45-28)10-9-29(38)35-24-5-1-20(2-6-24)31(40)41/h1-8,17-19H,9-16H2,(H,35,38)(H,40,41)/b28-18-. The largest absolute Gasteiger partial charge is 0.492 e. The van der Waals surface area contributed by atoms with Crippen molar-refractivity contribution in [1.29, 1.82) is 0 Å². The van der Waals surface area contributed by atoms with Crippen molar-refractivity contribution < 1.29 is 37.7 Å². The van der Waals surface area contributed by atoms with Gasteiger partial charge in [0.15, 0.2) is 0 Å². The van der Waals surface area contributed by atoms with Gasteiger partial charge in [-0.15, -0.1) is 0 Å². The van der Waals surface area contributed by atoms with E-state index < -0.39 is 17.6 Å². The average Bonchev–Trinajstić information content (AvgIpc) is 3.28. The maximum absolute atomic E-state index is 14.6. The number of aromatic carboxylic acids is 1. The molecule has 0 bridgehead atoms. The van der Waals surface area contributed by atoms with E-state index in [1.807, 2.05) is 0 Å². The number of thiocarbonyl (C=S) groups is 1. The lowest BCUT2D eigenvalue weighted by Gasteiger charge is -2.26. The van der Waals surface area contributed by atoms with Gasteiger partial charge >= 0.3 is 5.97 Å². The Labute approximate surface area is 267 Å². The van der Waals surface area contributed by atoms with E-state index in [9.17, 15) is 23.2 Å². The number of benzene rings is 3. The van der Waals surface area contributed by atoms with Gasteiger partial charge in [-0.3, -0.25) is 19.4 Å². The van der Waals surface area contributed by atoms with E-state index in [1.54, 1.807) is 24.3 Å². The molecule has 0 atom stereocenters. The molecule has 2 aliphatic heterocycles. The lowest BCUT2D eigenvalue weighted by molar-refractivity contribution is -0.122. The zero-order chi connectivity index (χ0) is 31.9. The molecule has 2 fully saturated rings. The second-order valence-corrected chi connectivity index (χ2v) is 11.9. The highest BCUT2D eigenvalue weighted by Crippen LogP contribution is 2.36. The molecule has 45 heavy (non-hydrogen) atoms. The number of halogens is 2. The van der Waals surface area contributed by atoms with Crippen molar-refractivity contribution in [1.82, 2.24) is 9.80 Å². The third-order valence-corrected chi connectivity index (χ3v) is 8.54. The fourth-order valence-corrected chi connectivity index (χ4v) is 6.06. The highest BCUT2D eigenvalue weighted by Gasteiger charge is 2.32. The molecule has 0 aromatic heterocycles. The predicted octanol–water partition coefficient (Wildman–Crippen LogP) is 5.27. The number of hydrogen-bond acceptors (Lipinski definition) is 8. The number of thioether (sulfide) groups is 1. The van der Waals surface area contributed by atoms with Crippen LogP contribution in [0.3, 0.4) is 0 Å². The molecule has 2 heterocycles. The zero-order valence-corrected chi connectivity index (χ0v) is 25.6. The molecule has 2 N–H and O–H groups in total. The number of carbonyl (C=O) groups excluding carboxylic acids is 2. The van der Waals surface area contributed by atoms with E-state index in [2.05, 4.69) is 10.2 Å². The number of hydrogen-bond donors (Lipinski definition) is 2. The number of rotatable bonds is 11. The summed E-state index contributed by atoms with van der Waals surface area (Å²) in [4.78, 5) is 40.8. The fourth-order valence-electron chi connectivity index (χ4n) is 4.76. The molecule has 234 valence electrons. The van der Waals surface area contributed by atoms with Crippen molar-refractivity contribution in [2.24, 2.45) is 0 Å². The Morgan fingerprint density at radius 2 is 1.80 bits per heavy atom. The second-order valence-electron chi connectivity index (χ2n) is 10.2. The first-order valence-corrected chi connectivity index (χ1v) is 15.3. The summed E-state index contributed by atoms with van der Waals surface area (Å²) < 4.78 is 40.0. The quantitative estimate of drug-likeness (QED) is 0.211. The van der Waals surface area contributed by atoms with E-state index in [0.29, 0.717) is 53.8 Å². The van der Waals surface area contributed by atoms with Gasteiger partial charge in [0.1, 0.15) is 28.3 Å². The Hall–Kier alpha value is -4.17. The normalized spacial score (nSPS) is 16.3. The number of morpholine rings is 1. The van der Waals surface area contributed by atoms with Crippen LogP contribution in [0.5, 0.6) is 5.75 Å². The van der Waals surface area contributed by atoms with Gasteiger partial charge in [0.25, 0.3) is 5.91 Å². The Morgan fingerprint density at radius 1 is 1.04 bits per heavy atom. The van der Waals surface area contributed by atoms with Crippen molar-refractivity contribution >= 4 is 57.8 Å². The van der Waals surface area contributed by atoms with Crippen molar-refractivity contribution in [3.8, 4) is 16.9 Å². The summed E-state index contributed by atoms with van der Waals surface area (Å²) in [7, 11) is 0. The molecule has 0 saturated carbocycles. The van der Waals surface area contributed by atoms with Crippen LogP contribution in [0.4, 0.5) is 14.5 Å². The molecule has 3 aromatic rings. The van der Waals surface area contributed by atoms with Gasteiger partial charge in [0.2, 0.25) is 5.91 Å².